The first-order valence-corrected chi connectivity index (χ1v) is 8.40. The molecule has 0 saturated heterocycles. The summed E-state index contributed by atoms with van der Waals surface area (Å²) in [5, 5.41) is 0.873. The number of benzene rings is 1. The lowest BCUT2D eigenvalue weighted by molar-refractivity contribution is -0.132. The van der Waals surface area contributed by atoms with Crippen molar-refractivity contribution in [2.75, 3.05) is 13.7 Å². The fraction of sp³-hybridized carbons (Fsp3) is 0.250. The lowest BCUT2D eigenvalue weighted by Crippen LogP contribution is -2.31. The summed E-state index contributed by atoms with van der Waals surface area (Å²) in [5.41, 5.74) is 1.80. The number of fused-ring (bicyclic) bond motifs is 1. The average molecular weight is 352 g/mol. The molecule has 0 saturated carbocycles. The number of likely N-dealkylation sites (N-methyl/N-ethyl adjacent to an activating group) is 1. The molecule has 26 heavy (non-hydrogen) atoms. The van der Waals surface area contributed by atoms with Crippen LogP contribution in [-0.2, 0) is 17.8 Å². The van der Waals surface area contributed by atoms with Gasteiger partial charge in [-0.3, -0.25) is 9.78 Å². The maximum atomic E-state index is 12.2. The van der Waals surface area contributed by atoms with E-state index >= 15 is 0 Å². The molecule has 3 aromatic rings. The Kier molecular flexibility index (Phi) is 5.31. The van der Waals surface area contributed by atoms with Crippen LogP contribution in [0.3, 0.4) is 0 Å². The van der Waals surface area contributed by atoms with Crippen molar-refractivity contribution in [3.8, 4) is 5.75 Å². The third kappa shape index (κ3) is 4.08. The fourth-order valence-corrected chi connectivity index (χ4v) is 2.67. The van der Waals surface area contributed by atoms with Crippen LogP contribution < -0.4 is 10.4 Å². The van der Waals surface area contributed by atoms with E-state index in [1.807, 2.05) is 31.2 Å². The number of carbonyl (C=O) groups is 1. The minimum atomic E-state index is -0.391. The first kappa shape index (κ1) is 17.7. The zero-order valence-electron chi connectivity index (χ0n) is 14.8. The molecule has 0 spiro atoms. The fourth-order valence-electron chi connectivity index (χ4n) is 2.67. The second-order valence-electron chi connectivity index (χ2n) is 5.96. The van der Waals surface area contributed by atoms with Crippen molar-refractivity contribution < 1.29 is 13.9 Å². The van der Waals surface area contributed by atoms with Crippen LogP contribution in [0.5, 0.6) is 5.75 Å². The van der Waals surface area contributed by atoms with Gasteiger partial charge in [-0.15, -0.1) is 0 Å². The van der Waals surface area contributed by atoms with E-state index in [0.29, 0.717) is 17.9 Å². The Balaban J connectivity index is 1.67. The molecule has 0 aliphatic carbocycles. The van der Waals surface area contributed by atoms with Gasteiger partial charge in [-0.05, 0) is 36.2 Å². The zero-order valence-corrected chi connectivity index (χ0v) is 14.8. The number of ether oxygens (including phenoxy) is 1. The van der Waals surface area contributed by atoms with Gasteiger partial charge in [0, 0.05) is 30.8 Å². The van der Waals surface area contributed by atoms with Crippen LogP contribution in [-0.4, -0.2) is 29.4 Å². The van der Waals surface area contributed by atoms with Gasteiger partial charge in [0.1, 0.15) is 11.3 Å². The van der Waals surface area contributed by atoms with Gasteiger partial charge in [0.15, 0.2) is 6.61 Å². The highest BCUT2D eigenvalue weighted by Gasteiger charge is 2.12. The van der Waals surface area contributed by atoms with Crippen molar-refractivity contribution in [1.29, 1.82) is 0 Å². The first-order valence-electron chi connectivity index (χ1n) is 8.40. The highest BCUT2D eigenvalue weighted by molar-refractivity contribution is 5.82. The Morgan fingerprint density at radius 1 is 1.23 bits per heavy atom. The molecule has 6 heteroatoms. The van der Waals surface area contributed by atoms with E-state index in [1.54, 1.807) is 30.3 Å². The summed E-state index contributed by atoms with van der Waals surface area (Å²) in [6.45, 7) is 2.29. The van der Waals surface area contributed by atoms with E-state index in [9.17, 15) is 9.59 Å². The van der Waals surface area contributed by atoms with Gasteiger partial charge in [-0.25, -0.2) is 4.79 Å². The summed E-state index contributed by atoms with van der Waals surface area (Å²) in [4.78, 5) is 29.6. The number of carbonyl (C=O) groups excluding carboxylic acids is 1. The molecule has 0 fully saturated rings. The van der Waals surface area contributed by atoms with Gasteiger partial charge in [0.2, 0.25) is 0 Å². The predicted molar refractivity (Wildman–Crippen MR) is 98.1 cm³/mol. The van der Waals surface area contributed by atoms with Crippen molar-refractivity contribution in [3.63, 3.8) is 0 Å². The van der Waals surface area contributed by atoms with Crippen LogP contribution in [0.1, 0.15) is 18.2 Å². The topological polar surface area (TPSA) is 72.6 Å². The Morgan fingerprint density at radius 2 is 2.08 bits per heavy atom. The van der Waals surface area contributed by atoms with E-state index in [0.717, 1.165) is 23.1 Å². The number of hydrogen-bond donors (Lipinski definition) is 0. The number of rotatable bonds is 6. The van der Waals surface area contributed by atoms with Gasteiger partial charge in [-0.1, -0.05) is 13.0 Å². The van der Waals surface area contributed by atoms with Crippen LogP contribution in [0, 0.1) is 0 Å². The van der Waals surface area contributed by atoms with Gasteiger partial charge in [-0.2, -0.15) is 0 Å². The van der Waals surface area contributed by atoms with Crippen molar-refractivity contribution in [2.45, 2.75) is 19.9 Å². The van der Waals surface area contributed by atoms with Gasteiger partial charge in [0.05, 0.1) is 12.2 Å². The number of aromatic nitrogens is 1. The minimum absolute atomic E-state index is 0.105. The summed E-state index contributed by atoms with van der Waals surface area (Å²) in [6.07, 6.45) is 2.43. The molecule has 0 atom stereocenters. The Bertz CT molecular complexity index is 966. The molecule has 0 aliphatic rings. The zero-order chi connectivity index (χ0) is 18.5. The third-order valence-electron chi connectivity index (χ3n) is 4.10. The van der Waals surface area contributed by atoms with E-state index in [2.05, 4.69) is 4.98 Å². The predicted octanol–water partition coefficient (Wildman–Crippen LogP) is 2.79. The highest BCUT2D eigenvalue weighted by atomic mass is 16.5. The molecule has 0 radical (unpaired) electrons. The van der Waals surface area contributed by atoms with E-state index in [1.165, 1.54) is 6.07 Å². The number of nitrogens with zero attached hydrogens (tertiary/aromatic N) is 2. The monoisotopic (exact) mass is 352 g/mol. The summed E-state index contributed by atoms with van der Waals surface area (Å²) >= 11 is 0. The Hall–Kier alpha value is -3.15. The summed E-state index contributed by atoms with van der Waals surface area (Å²) in [5.74, 6) is 0.313. The molecule has 0 N–H and O–H groups in total. The first-order chi connectivity index (χ1) is 12.6. The highest BCUT2D eigenvalue weighted by Crippen LogP contribution is 2.23. The molecule has 1 aromatic carbocycles. The largest absolute Gasteiger partial charge is 0.484 e. The molecule has 0 unspecified atom stereocenters. The SMILES string of the molecule is CCc1cc(=O)oc2cc(OCC(=O)N(C)Cc3ccccn3)ccc12. The molecular weight excluding hydrogens is 332 g/mol. The van der Waals surface area contributed by atoms with Crippen LogP contribution in [0.2, 0.25) is 0 Å². The maximum Gasteiger partial charge on any atom is 0.336 e. The molecule has 2 aromatic heterocycles. The lowest BCUT2D eigenvalue weighted by atomic mass is 10.1. The molecule has 134 valence electrons. The van der Waals surface area contributed by atoms with Gasteiger partial charge in [0.25, 0.3) is 5.91 Å². The average Bonchev–Trinajstić information content (AvgIpc) is 2.65. The smallest absolute Gasteiger partial charge is 0.336 e. The summed E-state index contributed by atoms with van der Waals surface area (Å²) in [7, 11) is 1.70. The van der Waals surface area contributed by atoms with Crippen molar-refractivity contribution in [1.82, 2.24) is 9.88 Å². The second-order valence-corrected chi connectivity index (χ2v) is 5.96. The maximum absolute atomic E-state index is 12.2. The van der Waals surface area contributed by atoms with E-state index in [-0.39, 0.29) is 12.5 Å². The molecule has 0 bridgehead atoms. The molecule has 6 nitrogen and oxygen atoms in total. The standard InChI is InChI=1S/C20H20N2O4/c1-3-14-10-20(24)26-18-11-16(7-8-17(14)18)25-13-19(23)22(2)12-15-6-4-5-9-21-15/h4-11H,3,12-13H2,1-2H3. The van der Waals surface area contributed by atoms with Crippen molar-refractivity contribution >= 4 is 16.9 Å². The number of amides is 1. The second kappa shape index (κ2) is 7.82. The molecular formula is C20H20N2O4. The quantitative estimate of drug-likeness (QED) is 0.638. The van der Waals surface area contributed by atoms with Gasteiger partial charge >= 0.3 is 5.63 Å². The normalized spacial score (nSPS) is 10.7. The van der Waals surface area contributed by atoms with E-state index in [4.69, 9.17) is 9.15 Å². The van der Waals surface area contributed by atoms with Crippen LogP contribution in [0.25, 0.3) is 11.0 Å². The van der Waals surface area contributed by atoms with Crippen LogP contribution >= 0.6 is 0 Å². The van der Waals surface area contributed by atoms with Crippen LogP contribution in [0.4, 0.5) is 0 Å². The van der Waals surface area contributed by atoms with Crippen LogP contribution in [0.15, 0.2) is 57.9 Å². The lowest BCUT2D eigenvalue weighted by Gasteiger charge is -2.17. The number of pyridine rings is 1. The molecule has 3 rings (SSSR count). The van der Waals surface area contributed by atoms with Crippen molar-refractivity contribution in [3.05, 3.63) is 70.3 Å². The summed E-state index contributed by atoms with van der Waals surface area (Å²) < 4.78 is 10.8. The number of hydrogen-bond acceptors (Lipinski definition) is 5. The third-order valence-corrected chi connectivity index (χ3v) is 4.10. The molecule has 1 amide bonds. The molecule has 0 aliphatic heterocycles. The van der Waals surface area contributed by atoms with Crippen molar-refractivity contribution in [2.24, 2.45) is 0 Å². The minimum Gasteiger partial charge on any atom is -0.484 e. The number of aryl methyl sites for hydroxylation is 1. The van der Waals surface area contributed by atoms with E-state index < -0.39 is 5.63 Å². The Labute approximate surface area is 151 Å². The van der Waals surface area contributed by atoms with Gasteiger partial charge < -0.3 is 14.1 Å². The molecule has 2 heterocycles. The Morgan fingerprint density at radius 3 is 2.81 bits per heavy atom. The summed E-state index contributed by atoms with van der Waals surface area (Å²) in [6, 6.07) is 12.3.